The Morgan fingerprint density at radius 2 is 2.11 bits per heavy atom. The Labute approximate surface area is 118 Å². The predicted octanol–water partition coefficient (Wildman–Crippen LogP) is 3.62. The van der Waals surface area contributed by atoms with Crippen molar-refractivity contribution in [3.8, 4) is 6.07 Å². The van der Waals surface area contributed by atoms with E-state index in [1.807, 2.05) is 30.3 Å². The van der Waals surface area contributed by atoms with Crippen molar-refractivity contribution in [3.63, 3.8) is 0 Å². The van der Waals surface area contributed by atoms with Gasteiger partial charge in [0.2, 0.25) is 0 Å². The molecule has 4 atom stereocenters. The van der Waals surface area contributed by atoms with Crippen molar-refractivity contribution in [1.82, 2.24) is 0 Å². The number of benzene rings is 1. The minimum atomic E-state index is -0.880. The van der Waals surface area contributed by atoms with Crippen LogP contribution in [0.25, 0.3) is 0 Å². The molecule has 0 amide bonds. The second-order valence-electron chi connectivity index (χ2n) is 5.53. The van der Waals surface area contributed by atoms with E-state index >= 15 is 0 Å². The molecule has 0 spiro atoms. The molecule has 2 rings (SSSR count). The second-order valence-corrected chi connectivity index (χ2v) is 7.30. The lowest BCUT2D eigenvalue weighted by atomic mass is 9.91. The van der Waals surface area contributed by atoms with Crippen LogP contribution < -0.4 is 0 Å². The normalized spacial score (nSPS) is 26.3. The van der Waals surface area contributed by atoms with Crippen LogP contribution in [0.1, 0.15) is 44.1 Å². The molecule has 2 nitrogen and oxygen atoms in total. The highest BCUT2D eigenvalue weighted by Crippen LogP contribution is 2.28. The third-order valence-corrected chi connectivity index (χ3v) is 5.78. The van der Waals surface area contributed by atoms with E-state index in [1.165, 1.54) is 12.8 Å². The van der Waals surface area contributed by atoms with Crippen molar-refractivity contribution in [1.29, 1.82) is 5.26 Å². The molecule has 3 heteroatoms. The van der Waals surface area contributed by atoms with E-state index in [0.717, 1.165) is 18.4 Å². The van der Waals surface area contributed by atoms with Crippen LogP contribution in [0.2, 0.25) is 0 Å². The summed E-state index contributed by atoms with van der Waals surface area (Å²) in [6, 6.07) is 12.0. The maximum Gasteiger partial charge on any atom is 0.0827 e. The Balaban J connectivity index is 1.99. The molecule has 1 aliphatic carbocycles. The van der Waals surface area contributed by atoms with Crippen LogP contribution >= 0.6 is 0 Å². The highest BCUT2D eigenvalue weighted by Gasteiger charge is 2.26. The Hall–Kier alpha value is -1.14. The molecule has 0 aliphatic heterocycles. The lowest BCUT2D eigenvalue weighted by Gasteiger charge is -2.26. The van der Waals surface area contributed by atoms with Crippen molar-refractivity contribution in [3.05, 3.63) is 35.9 Å². The van der Waals surface area contributed by atoms with E-state index in [9.17, 15) is 9.47 Å². The summed E-state index contributed by atoms with van der Waals surface area (Å²) < 4.78 is 12.4. The molecule has 0 bridgehead atoms. The Kier molecular flexibility index (Phi) is 5.15. The molecule has 1 aliphatic rings. The van der Waals surface area contributed by atoms with E-state index in [1.54, 1.807) is 0 Å². The quantitative estimate of drug-likeness (QED) is 0.842. The van der Waals surface area contributed by atoms with Gasteiger partial charge in [-0.25, -0.2) is 0 Å². The first kappa shape index (κ1) is 14.3. The maximum absolute atomic E-state index is 12.4. The summed E-state index contributed by atoms with van der Waals surface area (Å²) in [5.41, 5.74) is 0.988. The van der Waals surface area contributed by atoms with E-state index in [2.05, 4.69) is 13.0 Å². The fourth-order valence-corrected chi connectivity index (χ4v) is 4.65. The Morgan fingerprint density at radius 1 is 1.37 bits per heavy atom. The van der Waals surface area contributed by atoms with Crippen LogP contribution in [0.4, 0.5) is 0 Å². The molecule has 1 saturated carbocycles. The summed E-state index contributed by atoms with van der Waals surface area (Å²) in [5.74, 6) is 0.928. The first-order valence-corrected chi connectivity index (χ1v) is 8.40. The smallest absolute Gasteiger partial charge is 0.0827 e. The van der Waals surface area contributed by atoms with E-state index < -0.39 is 10.8 Å². The second kappa shape index (κ2) is 6.86. The van der Waals surface area contributed by atoms with Gasteiger partial charge in [0.05, 0.1) is 12.0 Å². The van der Waals surface area contributed by atoms with Gasteiger partial charge in [0, 0.05) is 21.8 Å². The summed E-state index contributed by atoms with van der Waals surface area (Å²) in [6.45, 7) is 2.24. The molecule has 1 fully saturated rings. The summed E-state index contributed by atoms with van der Waals surface area (Å²) in [7, 11) is -0.880. The van der Waals surface area contributed by atoms with Crippen molar-refractivity contribution in [2.24, 2.45) is 5.92 Å². The molecular weight excluding hydrogens is 254 g/mol. The standard InChI is InChI=1S/C16H21NOS/c1-13-6-5-9-16(10-13)19(18)12-15(11-17)14-7-3-2-4-8-14/h2-4,7-8,13,15-16H,5-6,9-10,12H2,1H3. The molecule has 102 valence electrons. The zero-order valence-corrected chi connectivity index (χ0v) is 12.2. The number of nitrogens with zero attached hydrogens (tertiary/aromatic N) is 1. The summed E-state index contributed by atoms with van der Waals surface area (Å²) >= 11 is 0. The highest BCUT2D eigenvalue weighted by molar-refractivity contribution is 7.85. The average molecular weight is 275 g/mol. The van der Waals surface area contributed by atoms with Gasteiger partial charge in [-0.15, -0.1) is 0 Å². The fraction of sp³-hybridized carbons (Fsp3) is 0.562. The predicted molar refractivity (Wildman–Crippen MR) is 79.2 cm³/mol. The SMILES string of the molecule is CC1CCCC(S(=O)CC(C#N)c2ccccc2)C1. The molecule has 0 radical (unpaired) electrons. The molecular formula is C16H21NOS. The summed E-state index contributed by atoms with van der Waals surface area (Å²) in [6.07, 6.45) is 4.55. The third kappa shape index (κ3) is 3.91. The Morgan fingerprint density at radius 3 is 2.74 bits per heavy atom. The van der Waals surface area contributed by atoms with Gasteiger partial charge in [-0.05, 0) is 24.3 Å². The zero-order chi connectivity index (χ0) is 13.7. The number of hydrogen-bond donors (Lipinski definition) is 0. The monoisotopic (exact) mass is 275 g/mol. The topological polar surface area (TPSA) is 40.9 Å². The first-order valence-electron chi connectivity index (χ1n) is 7.02. The van der Waals surface area contributed by atoms with Crippen LogP contribution in [0.15, 0.2) is 30.3 Å². The van der Waals surface area contributed by atoms with Gasteiger partial charge in [-0.1, -0.05) is 50.1 Å². The lowest BCUT2D eigenvalue weighted by Crippen LogP contribution is -2.26. The summed E-state index contributed by atoms with van der Waals surface area (Å²) in [5, 5.41) is 9.59. The highest BCUT2D eigenvalue weighted by atomic mass is 32.2. The molecule has 0 heterocycles. The minimum Gasteiger partial charge on any atom is -0.259 e. The lowest BCUT2D eigenvalue weighted by molar-refractivity contribution is 0.389. The fourth-order valence-electron chi connectivity index (χ4n) is 2.81. The molecule has 0 N–H and O–H groups in total. The molecule has 0 aromatic heterocycles. The maximum atomic E-state index is 12.4. The van der Waals surface area contributed by atoms with Crippen LogP contribution in [0, 0.1) is 17.2 Å². The number of nitriles is 1. The van der Waals surface area contributed by atoms with Gasteiger partial charge in [-0.3, -0.25) is 4.21 Å². The van der Waals surface area contributed by atoms with Crippen molar-refractivity contribution >= 4 is 10.8 Å². The molecule has 4 unspecified atom stereocenters. The van der Waals surface area contributed by atoms with Gasteiger partial charge in [0.15, 0.2) is 0 Å². The van der Waals surface area contributed by atoms with Gasteiger partial charge in [0.25, 0.3) is 0 Å². The minimum absolute atomic E-state index is 0.237. The zero-order valence-electron chi connectivity index (χ0n) is 11.4. The number of rotatable bonds is 4. The van der Waals surface area contributed by atoms with E-state index in [0.29, 0.717) is 16.9 Å². The average Bonchev–Trinajstić information content (AvgIpc) is 2.45. The van der Waals surface area contributed by atoms with Crippen molar-refractivity contribution < 1.29 is 4.21 Å². The molecule has 1 aromatic carbocycles. The van der Waals surface area contributed by atoms with Crippen LogP contribution in [0.5, 0.6) is 0 Å². The van der Waals surface area contributed by atoms with Gasteiger partial charge in [0.1, 0.15) is 0 Å². The molecule has 1 aromatic rings. The third-order valence-electron chi connectivity index (χ3n) is 3.95. The molecule has 19 heavy (non-hydrogen) atoms. The van der Waals surface area contributed by atoms with Crippen LogP contribution in [0.3, 0.4) is 0 Å². The largest absolute Gasteiger partial charge is 0.259 e. The summed E-state index contributed by atoms with van der Waals surface area (Å²) in [4.78, 5) is 0. The van der Waals surface area contributed by atoms with Crippen LogP contribution in [-0.4, -0.2) is 15.2 Å². The van der Waals surface area contributed by atoms with Gasteiger partial charge < -0.3 is 0 Å². The molecule has 0 saturated heterocycles. The van der Waals surface area contributed by atoms with Crippen molar-refractivity contribution in [2.45, 2.75) is 43.8 Å². The van der Waals surface area contributed by atoms with Crippen LogP contribution in [-0.2, 0) is 10.8 Å². The van der Waals surface area contributed by atoms with E-state index in [-0.39, 0.29) is 5.92 Å². The van der Waals surface area contributed by atoms with E-state index in [4.69, 9.17) is 0 Å². The Bertz CT molecular complexity index is 465. The van der Waals surface area contributed by atoms with Gasteiger partial charge in [-0.2, -0.15) is 5.26 Å². The van der Waals surface area contributed by atoms with Crippen molar-refractivity contribution in [2.75, 3.05) is 5.75 Å². The first-order chi connectivity index (χ1) is 9.20. The number of hydrogen-bond acceptors (Lipinski definition) is 2. The van der Waals surface area contributed by atoms with Gasteiger partial charge >= 0.3 is 0 Å².